The first-order chi connectivity index (χ1) is 14.4. The van der Waals surface area contributed by atoms with Gasteiger partial charge in [0.15, 0.2) is 0 Å². The van der Waals surface area contributed by atoms with Gasteiger partial charge in [-0.2, -0.15) is 5.10 Å². The number of hydrogen-bond donors (Lipinski definition) is 4. The molecule has 4 rings (SSSR count). The number of carbonyl (C=O) groups is 1. The molecule has 0 radical (unpaired) electrons. The number of phenolic OH excluding ortho intramolecular Hbond substituents is 3. The zero-order valence-electron chi connectivity index (χ0n) is 15.6. The number of furan rings is 1. The predicted molar refractivity (Wildman–Crippen MR) is 106 cm³/mol. The van der Waals surface area contributed by atoms with Gasteiger partial charge in [0.25, 0.3) is 5.91 Å². The third-order valence-electron chi connectivity index (χ3n) is 5.02. The van der Waals surface area contributed by atoms with Crippen LogP contribution in [-0.2, 0) is 12.8 Å². The number of rotatable bonds is 4. The lowest BCUT2D eigenvalue weighted by Crippen LogP contribution is -2.17. The van der Waals surface area contributed by atoms with Crippen LogP contribution in [0.4, 0.5) is 5.69 Å². The topological polar surface area (TPSA) is 158 Å². The number of benzene rings is 2. The molecule has 1 amide bonds. The summed E-state index contributed by atoms with van der Waals surface area (Å²) in [5.74, 6) is -1.26. The van der Waals surface area contributed by atoms with E-state index < -0.39 is 28.0 Å². The molecular weight excluding hydrogens is 394 g/mol. The van der Waals surface area contributed by atoms with Crippen molar-refractivity contribution < 1.29 is 29.5 Å². The summed E-state index contributed by atoms with van der Waals surface area (Å²) in [7, 11) is 0. The molecule has 30 heavy (non-hydrogen) atoms. The highest BCUT2D eigenvalue weighted by molar-refractivity contribution is 6.05. The van der Waals surface area contributed by atoms with Gasteiger partial charge in [-0.05, 0) is 31.4 Å². The molecule has 10 heteroatoms. The molecule has 154 valence electrons. The van der Waals surface area contributed by atoms with E-state index in [0.29, 0.717) is 18.2 Å². The van der Waals surface area contributed by atoms with E-state index in [0.717, 1.165) is 36.4 Å². The van der Waals surface area contributed by atoms with Crippen LogP contribution in [0.5, 0.6) is 17.2 Å². The summed E-state index contributed by atoms with van der Waals surface area (Å²) in [6.45, 7) is 0. The Morgan fingerprint density at radius 2 is 1.97 bits per heavy atom. The summed E-state index contributed by atoms with van der Waals surface area (Å²) < 4.78 is 5.78. The molecule has 10 nitrogen and oxygen atoms in total. The van der Waals surface area contributed by atoms with Gasteiger partial charge in [-0.25, -0.2) is 5.43 Å². The highest BCUT2D eigenvalue weighted by Gasteiger charge is 2.27. The first-order valence-electron chi connectivity index (χ1n) is 9.16. The molecule has 0 saturated carbocycles. The number of hydrazone groups is 1. The largest absolute Gasteiger partial charge is 0.508 e. The van der Waals surface area contributed by atoms with Crippen LogP contribution in [0.3, 0.4) is 0 Å². The Morgan fingerprint density at radius 1 is 1.20 bits per heavy atom. The van der Waals surface area contributed by atoms with Gasteiger partial charge in [-0.1, -0.05) is 0 Å². The Bertz CT molecular complexity index is 1210. The summed E-state index contributed by atoms with van der Waals surface area (Å²) in [6.07, 6.45) is 4.38. The molecule has 1 aliphatic carbocycles. The van der Waals surface area contributed by atoms with E-state index in [1.165, 1.54) is 18.2 Å². The lowest BCUT2D eigenvalue weighted by Gasteiger charge is -2.10. The van der Waals surface area contributed by atoms with Gasteiger partial charge < -0.3 is 19.7 Å². The minimum Gasteiger partial charge on any atom is -0.508 e. The van der Waals surface area contributed by atoms with Crippen LogP contribution in [0.15, 0.2) is 33.8 Å². The Labute approximate surface area is 169 Å². The third-order valence-corrected chi connectivity index (χ3v) is 5.02. The fourth-order valence-electron chi connectivity index (χ4n) is 3.63. The zero-order chi connectivity index (χ0) is 21.4. The van der Waals surface area contributed by atoms with Crippen LogP contribution in [0, 0.1) is 10.1 Å². The lowest BCUT2D eigenvalue weighted by molar-refractivity contribution is -0.385. The zero-order valence-corrected chi connectivity index (χ0v) is 15.6. The van der Waals surface area contributed by atoms with Gasteiger partial charge in [-0.15, -0.1) is 0 Å². The van der Waals surface area contributed by atoms with Crippen LogP contribution >= 0.6 is 0 Å². The molecule has 1 heterocycles. The number of carbonyl (C=O) groups excluding carboxylic acids is 1. The molecule has 0 spiro atoms. The van der Waals surface area contributed by atoms with Gasteiger partial charge >= 0.3 is 5.69 Å². The molecule has 0 unspecified atom stereocenters. The fourth-order valence-corrected chi connectivity index (χ4v) is 3.63. The van der Waals surface area contributed by atoms with Crippen molar-refractivity contribution >= 4 is 28.8 Å². The second-order valence-corrected chi connectivity index (χ2v) is 6.90. The molecule has 0 atom stereocenters. The van der Waals surface area contributed by atoms with Crippen molar-refractivity contribution in [2.45, 2.75) is 25.7 Å². The van der Waals surface area contributed by atoms with Crippen LogP contribution < -0.4 is 5.43 Å². The van der Waals surface area contributed by atoms with E-state index in [1.54, 1.807) is 0 Å². The number of nitro benzene ring substituents is 1. The molecule has 1 aliphatic rings. The van der Waals surface area contributed by atoms with Crippen molar-refractivity contribution in [2.24, 2.45) is 5.10 Å². The highest BCUT2D eigenvalue weighted by atomic mass is 16.6. The number of aryl methyl sites for hydroxylation is 2. The number of phenols is 3. The maximum absolute atomic E-state index is 12.2. The van der Waals surface area contributed by atoms with E-state index >= 15 is 0 Å². The van der Waals surface area contributed by atoms with E-state index in [1.807, 2.05) is 0 Å². The molecule has 0 aliphatic heterocycles. The Morgan fingerprint density at radius 3 is 2.70 bits per heavy atom. The number of hydrogen-bond acceptors (Lipinski definition) is 8. The lowest BCUT2D eigenvalue weighted by atomic mass is 9.93. The highest BCUT2D eigenvalue weighted by Crippen LogP contribution is 2.41. The third kappa shape index (κ3) is 3.28. The minimum absolute atomic E-state index is 0.0707. The first-order valence-corrected chi connectivity index (χ1v) is 9.16. The Hall–Kier alpha value is -4.08. The van der Waals surface area contributed by atoms with Gasteiger partial charge in [0, 0.05) is 23.4 Å². The van der Waals surface area contributed by atoms with Gasteiger partial charge in [0.05, 0.1) is 28.3 Å². The number of amides is 1. The maximum atomic E-state index is 12.2. The van der Waals surface area contributed by atoms with Crippen molar-refractivity contribution in [3.05, 3.63) is 56.8 Å². The second kappa shape index (κ2) is 7.39. The average molecular weight is 411 g/mol. The van der Waals surface area contributed by atoms with Crippen molar-refractivity contribution in [1.82, 2.24) is 5.43 Å². The molecule has 4 N–H and O–H groups in total. The Balaban J connectivity index is 1.73. The fraction of sp³-hybridized carbons (Fsp3) is 0.200. The van der Waals surface area contributed by atoms with Crippen molar-refractivity contribution in [3.8, 4) is 17.2 Å². The normalized spacial score (nSPS) is 13.5. The van der Waals surface area contributed by atoms with Gasteiger partial charge in [0.1, 0.15) is 22.8 Å². The number of nitrogens with one attached hydrogen (secondary N) is 1. The first kappa shape index (κ1) is 19.2. The molecule has 0 bridgehead atoms. The molecule has 0 fully saturated rings. The second-order valence-electron chi connectivity index (χ2n) is 6.90. The van der Waals surface area contributed by atoms with Crippen molar-refractivity contribution in [2.75, 3.05) is 0 Å². The minimum atomic E-state index is -0.765. The monoisotopic (exact) mass is 411 g/mol. The van der Waals surface area contributed by atoms with E-state index in [9.17, 15) is 30.2 Å². The van der Waals surface area contributed by atoms with E-state index in [2.05, 4.69) is 10.5 Å². The van der Waals surface area contributed by atoms with Crippen molar-refractivity contribution in [3.63, 3.8) is 0 Å². The number of nitrogens with zero attached hydrogens (tertiary/aromatic N) is 2. The number of fused-ring (bicyclic) bond motifs is 3. The molecular formula is C20H17N3O7. The summed E-state index contributed by atoms with van der Waals surface area (Å²) in [6, 6.07) is 4.64. The maximum Gasteiger partial charge on any atom is 0.315 e. The predicted octanol–water partition coefficient (Wildman–Crippen LogP) is 3.10. The molecule has 2 aromatic carbocycles. The summed E-state index contributed by atoms with van der Waals surface area (Å²) in [5, 5.41) is 45.2. The molecule has 1 aromatic heterocycles. The van der Waals surface area contributed by atoms with Gasteiger partial charge in [-0.3, -0.25) is 14.9 Å². The number of nitro groups is 1. The summed E-state index contributed by atoms with van der Waals surface area (Å²) in [4.78, 5) is 22.8. The van der Waals surface area contributed by atoms with Crippen molar-refractivity contribution in [1.29, 1.82) is 0 Å². The van der Waals surface area contributed by atoms with Crippen LogP contribution in [0.1, 0.15) is 40.1 Å². The van der Waals surface area contributed by atoms with E-state index in [-0.39, 0.29) is 22.5 Å². The van der Waals surface area contributed by atoms with E-state index in [4.69, 9.17) is 4.42 Å². The molecule has 0 saturated heterocycles. The van der Waals surface area contributed by atoms with Crippen LogP contribution in [-0.4, -0.2) is 32.4 Å². The van der Waals surface area contributed by atoms with Gasteiger partial charge in [0.2, 0.25) is 5.75 Å². The number of aromatic hydroxyl groups is 3. The molecule has 3 aromatic rings. The van der Waals surface area contributed by atoms with Crippen LogP contribution in [0.25, 0.3) is 11.0 Å². The smallest absolute Gasteiger partial charge is 0.315 e. The van der Waals surface area contributed by atoms with Crippen LogP contribution in [0.2, 0.25) is 0 Å². The Kier molecular flexibility index (Phi) is 4.74. The summed E-state index contributed by atoms with van der Waals surface area (Å²) >= 11 is 0. The standard InChI is InChI=1S/C20H17N3O7/c24-10-5-6-11(15(25)7-10)20(27)22-21-9-13-18-12-3-1-2-4-16(12)30-17(18)8-14(19(13)26)23(28)29/h5-9,24-26H,1-4H2,(H,22,27). The summed E-state index contributed by atoms with van der Waals surface area (Å²) in [5.41, 5.74) is 2.75. The average Bonchev–Trinajstić information content (AvgIpc) is 3.07. The SMILES string of the molecule is O=C(NN=Cc1c(O)c([N+](=O)[O-])cc2oc3c(c12)CCCC3)c1ccc(O)cc1O. The quantitative estimate of drug-likeness (QED) is 0.292.